The maximum Gasteiger partial charge on any atom is 0.435 e. The van der Waals surface area contributed by atoms with Gasteiger partial charge in [0.05, 0.1) is 25.4 Å². The molecule has 0 unspecified atom stereocenters. The molecular formula is C12H12F3N5O3. The van der Waals surface area contributed by atoms with E-state index in [9.17, 15) is 18.0 Å². The minimum atomic E-state index is -4.49. The fourth-order valence-electron chi connectivity index (χ4n) is 2.19. The second kappa shape index (κ2) is 5.56. The summed E-state index contributed by atoms with van der Waals surface area (Å²) >= 11 is 0. The Bertz CT molecular complexity index is 724. The van der Waals surface area contributed by atoms with Gasteiger partial charge in [0.25, 0.3) is 0 Å². The summed E-state index contributed by atoms with van der Waals surface area (Å²) in [5.41, 5.74) is -0.563. The lowest BCUT2D eigenvalue weighted by atomic mass is 10.3. The number of carbonyl (C=O) groups excluding carboxylic acids is 1. The molecule has 2 aromatic heterocycles. The first-order valence-electron chi connectivity index (χ1n) is 6.78. The Morgan fingerprint density at radius 3 is 2.87 bits per heavy atom. The van der Waals surface area contributed by atoms with Crippen LogP contribution >= 0.6 is 0 Å². The highest BCUT2D eigenvalue weighted by Crippen LogP contribution is 2.30. The number of hydrogen-bond donors (Lipinski definition) is 0. The zero-order valence-electron chi connectivity index (χ0n) is 12.0. The predicted molar refractivity (Wildman–Crippen MR) is 68.5 cm³/mol. The maximum absolute atomic E-state index is 12.7. The third-order valence-electron chi connectivity index (χ3n) is 3.22. The van der Waals surface area contributed by atoms with Crippen molar-refractivity contribution in [2.24, 2.45) is 0 Å². The molecule has 8 nitrogen and oxygen atoms in total. The minimum Gasteiger partial charge on any atom is -0.459 e. The van der Waals surface area contributed by atoms with Crippen LogP contribution in [0.3, 0.4) is 0 Å². The monoisotopic (exact) mass is 331 g/mol. The fraction of sp³-hybridized carbons (Fsp3) is 0.500. The number of rotatable bonds is 3. The summed E-state index contributed by atoms with van der Waals surface area (Å²) in [7, 11) is 0. The van der Waals surface area contributed by atoms with Crippen molar-refractivity contribution in [2.75, 3.05) is 18.1 Å². The largest absolute Gasteiger partial charge is 0.459 e. The van der Waals surface area contributed by atoms with Crippen LogP contribution in [-0.4, -0.2) is 39.1 Å². The average molecular weight is 331 g/mol. The van der Waals surface area contributed by atoms with Crippen molar-refractivity contribution in [2.45, 2.75) is 26.2 Å². The van der Waals surface area contributed by atoms with E-state index >= 15 is 0 Å². The number of carbonyl (C=O) groups is 1. The molecule has 3 heterocycles. The van der Waals surface area contributed by atoms with Gasteiger partial charge in [-0.05, 0) is 13.0 Å². The SMILES string of the molecule is CCOC(=O)c1nnc(N2CCn3nc(C(F)(F)F)cc3C2)o1. The number of aromatic nitrogens is 4. The number of alkyl halides is 3. The highest BCUT2D eigenvalue weighted by Gasteiger charge is 2.36. The van der Waals surface area contributed by atoms with E-state index in [1.54, 1.807) is 11.8 Å². The van der Waals surface area contributed by atoms with Crippen LogP contribution in [0.4, 0.5) is 19.2 Å². The van der Waals surface area contributed by atoms with Gasteiger partial charge in [-0.2, -0.15) is 18.3 Å². The molecule has 23 heavy (non-hydrogen) atoms. The van der Waals surface area contributed by atoms with Gasteiger partial charge in [-0.1, -0.05) is 10.2 Å². The molecule has 0 bridgehead atoms. The highest BCUT2D eigenvalue weighted by atomic mass is 19.4. The molecule has 0 aliphatic carbocycles. The number of halogens is 3. The van der Waals surface area contributed by atoms with Crippen LogP contribution in [0, 0.1) is 0 Å². The summed E-state index contributed by atoms with van der Waals surface area (Å²) in [6, 6.07) is 1.03. The summed E-state index contributed by atoms with van der Waals surface area (Å²) in [5, 5.41) is 10.8. The summed E-state index contributed by atoms with van der Waals surface area (Å²) in [5.74, 6) is -1.04. The lowest BCUT2D eigenvalue weighted by Gasteiger charge is -2.25. The maximum atomic E-state index is 12.7. The Hall–Kier alpha value is -2.59. The summed E-state index contributed by atoms with van der Waals surface area (Å²) in [6.45, 7) is 2.49. The molecule has 0 fully saturated rings. The van der Waals surface area contributed by atoms with E-state index in [0.29, 0.717) is 12.2 Å². The van der Waals surface area contributed by atoms with Gasteiger partial charge in [0, 0.05) is 6.54 Å². The molecule has 0 N–H and O–H groups in total. The van der Waals surface area contributed by atoms with E-state index in [0.717, 1.165) is 6.07 Å². The second-order valence-electron chi connectivity index (χ2n) is 4.77. The number of nitrogens with zero attached hydrogens (tertiary/aromatic N) is 5. The Kier molecular flexibility index (Phi) is 3.70. The molecule has 0 saturated carbocycles. The smallest absolute Gasteiger partial charge is 0.435 e. The van der Waals surface area contributed by atoms with Gasteiger partial charge < -0.3 is 14.1 Å². The molecule has 0 aromatic carbocycles. The van der Waals surface area contributed by atoms with Gasteiger partial charge in [-0.15, -0.1) is 0 Å². The lowest BCUT2D eigenvalue weighted by Crippen LogP contribution is -2.34. The van der Waals surface area contributed by atoms with E-state index in [-0.39, 0.29) is 31.6 Å². The quantitative estimate of drug-likeness (QED) is 0.787. The summed E-state index contributed by atoms with van der Waals surface area (Å²) in [6.07, 6.45) is -4.49. The molecule has 0 saturated heterocycles. The predicted octanol–water partition coefficient (Wildman–Crippen LogP) is 1.48. The van der Waals surface area contributed by atoms with Crippen LogP contribution in [0.25, 0.3) is 0 Å². The van der Waals surface area contributed by atoms with Crippen LogP contribution < -0.4 is 4.90 Å². The number of fused-ring (bicyclic) bond motifs is 1. The zero-order chi connectivity index (χ0) is 16.6. The number of ether oxygens (including phenoxy) is 1. The first-order chi connectivity index (χ1) is 10.9. The molecule has 2 aromatic rings. The highest BCUT2D eigenvalue weighted by molar-refractivity contribution is 5.84. The summed E-state index contributed by atoms with van der Waals surface area (Å²) in [4.78, 5) is 13.1. The van der Waals surface area contributed by atoms with Gasteiger partial charge in [0.15, 0.2) is 5.69 Å². The van der Waals surface area contributed by atoms with Crippen LogP contribution in [0.15, 0.2) is 10.5 Å². The number of hydrogen-bond acceptors (Lipinski definition) is 7. The molecule has 0 amide bonds. The molecule has 1 aliphatic heterocycles. The van der Waals surface area contributed by atoms with Crippen LogP contribution in [0.5, 0.6) is 0 Å². The van der Waals surface area contributed by atoms with Crippen molar-refractivity contribution >= 4 is 12.0 Å². The van der Waals surface area contributed by atoms with Crippen molar-refractivity contribution in [3.8, 4) is 0 Å². The van der Waals surface area contributed by atoms with Crippen molar-refractivity contribution < 1.29 is 27.1 Å². The average Bonchev–Trinajstić information content (AvgIpc) is 3.13. The van der Waals surface area contributed by atoms with Gasteiger partial charge in [-0.3, -0.25) is 4.68 Å². The number of esters is 1. The van der Waals surface area contributed by atoms with E-state index in [2.05, 4.69) is 15.3 Å². The normalized spacial score (nSPS) is 14.7. The van der Waals surface area contributed by atoms with E-state index in [1.807, 2.05) is 0 Å². The Balaban J connectivity index is 1.77. The Labute approximate surface area is 127 Å². The van der Waals surface area contributed by atoms with E-state index < -0.39 is 17.8 Å². The topological polar surface area (TPSA) is 86.3 Å². The molecule has 0 radical (unpaired) electrons. The molecule has 1 aliphatic rings. The molecule has 3 rings (SSSR count). The van der Waals surface area contributed by atoms with Gasteiger partial charge >= 0.3 is 24.1 Å². The molecular weight excluding hydrogens is 319 g/mol. The lowest BCUT2D eigenvalue weighted by molar-refractivity contribution is -0.141. The molecule has 0 atom stereocenters. The first-order valence-corrected chi connectivity index (χ1v) is 6.78. The third kappa shape index (κ3) is 2.98. The van der Waals surface area contributed by atoms with Gasteiger partial charge in [-0.25, -0.2) is 4.79 Å². The fourth-order valence-corrected chi connectivity index (χ4v) is 2.19. The second-order valence-corrected chi connectivity index (χ2v) is 4.77. The summed E-state index contributed by atoms with van der Waals surface area (Å²) < 4.78 is 49.3. The van der Waals surface area contributed by atoms with Crippen molar-refractivity contribution in [3.63, 3.8) is 0 Å². The molecule has 11 heteroatoms. The Morgan fingerprint density at radius 1 is 1.39 bits per heavy atom. The molecule has 0 spiro atoms. The van der Waals surface area contributed by atoms with Crippen molar-refractivity contribution in [1.29, 1.82) is 0 Å². The third-order valence-corrected chi connectivity index (χ3v) is 3.22. The van der Waals surface area contributed by atoms with Crippen LogP contribution in [0.2, 0.25) is 0 Å². The van der Waals surface area contributed by atoms with Crippen LogP contribution in [0.1, 0.15) is 29.0 Å². The van der Waals surface area contributed by atoms with Gasteiger partial charge in [0.1, 0.15) is 0 Å². The minimum absolute atomic E-state index is 0.0501. The van der Waals surface area contributed by atoms with Gasteiger partial charge in [0.2, 0.25) is 0 Å². The first kappa shape index (κ1) is 15.3. The van der Waals surface area contributed by atoms with Crippen LogP contribution in [-0.2, 0) is 24.0 Å². The Morgan fingerprint density at radius 2 is 2.17 bits per heavy atom. The van der Waals surface area contributed by atoms with Crippen molar-refractivity contribution in [3.05, 3.63) is 23.3 Å². The molecule has 124 valence electrons. The van der Waals surface area contributed by atoms with E-state index in [1.165, 1.54) is 4.68 Å². The zero-order valence-corrected chi connectivity index (χ0v) is 12.0. The van der Waals surface area contributed by atoms with E-state index in [4.69, 9.17) is 9.15 Å². The number of anilines is 1. The van der Waals surface area contributed by atoms with Crippen molar-refractivity contribution in [1.82, 2.24) is 20.0 Å². The standard InChI is InChI=1S/C12H12F3N5O3/c1-2-22-10(21)9-16-17-11(23-9)19-3-4-20-7(6-19)5-8(18-20)12(13,14)15/h5H,2-4,6H2,1H3.